The normalized spacial score (nSPS) is 12.2. The van der Waals surface area contributed by atoms with Crippen LogP contribution in [0.25, 0.3) is 0 Å². The highest BCUT2D eigenvalue weighted by Crippen LogP contribution is 2.13. The van der Waals surface area contributed by atoms with Crippen LogP contribution >= 0.6 is 0 Å². The van der Waals surface area contributed by atoms with Crippen LogP contribution in [0.2, 0.25) is 12.6 Å². The minimum atomic E-state index is -1.90. The van der Waals surface area contributed by atoms with Gasteiger partial charge in [-0.3, -0.25) is 4.99 Å². The highest BCUT2D eigenvalue weighted by Gasteiger charge is 2.27. The predicted molar refractivity (Wildman–Crippen MR) is 74.0 cm³/mol. The zero-order chi connectivity index (χ0) is 12.6. The van der Waals surface area contributed by atoms with Crippen molar-refractivity contribution in [2.45, 2.75) is 19.0 Å². The second-order valence-electron chi connectivity index (χ2n) is 4.09. The molecule has 0 aromatic heterocycles. The number of benzene rings is 1. The summed E-state index contributed by atoms with van der Waals surface area (Å²) in [6.07, 6.45) is 2.92. The maximum absolute atomic E-state index is 5.42. The number of aliphatic imine (C=N–C) groups is 1. The molecule has 0 saturated carbocycles. The zero-order valence-corrected chi connectivity index (χ0v) is 11.8. The summed E-state index contributed by atoms with van der Waals surface area (Å²) >= 11 is 0. The van der Waals surface area contributed by atoms with Gasteiger partial charge >= 0.3 is 8.56 Å². The molecule has 0 amide bonds. The Morgan fingerprint density at radius 3 is 2.41 bits per heavy atom. The van der Waals surface area contributed by atoms with Gasteiger partial charge in [0.05, 0.1) is 0 Å². The van der Waals surface area contributed by atoms with E-state index in [1.54, 1.807) is 14.2 Å². The molecule has 0 N–H and O–H groups in total. The van der Waals surface area contributed by atoms with Crippen molar-refractivity contribution in [3.05, 3.63) is 35.9 Å². The van der Waals surface area contributed by atoms with Gasteiger partial charge in [-0.1, -0.05) is 30.3 Å². The summed E-state index contributed by atoms with van der Waals surface area (Å²) in [7, 11) is 1.55. The molecular weight excluding hydrogens is 230 g/mol. The standard InChI is InChI=1S/C13H21NO2Si/c1-15-17(3,16-2)11-7-10-14-12-13-8-5-4-6-9-13/h4-6,8-9,12H,7,10-11H2,1-3H3. The topological polar surface area (TPSA) is 30.8 Å². The summed E-state index contributed by atoms with van der Waals surface area (Å²) in [4.78, 5) is 4.40. The number of hydrogen-bond donors (Lipinski definition) is 0. The second kappa shape index (κ2) is 7.37. The average Bonchev–Trinajstić information content (AvgIpc) is 2.39. The van der Waals surface area contributed by atoms with Crippen molar-refractivity contribution in [3.8, 4) is 0 Å². The van der Waals surface area contributed by atoms with Crippen LogP contribution < -0.4 is 0 Å². The minimum absolute atomic E-state index is 0.824. The van der Waals surface area contributed by atoms with Crippen LogP contribution in [0.5, 0.6) is 0 Å². The molecule has 17 heavy (non-hydrogen) atoms. The smallest absolute Gasteiger partial charge is 0.334 e. The molecule has 0 aliphatic rings. The molecule has 4 heteroatoms. The van der Waals surface area contributed by atoms with E-state index in [4.69, 9.17) is 8.85 Å². The third kappa shape index (κ3) is 5.26. The Labute approximate surface area is 105 Å². The Morgan fingerprint density at radius 2 is 1.82 bits per heavy atom. The van der Waals surface area contributed by atoms with Crippen molar-refractivity contribution in [2.24, 2.45) is 4.99 Å². The summed E-state index contributed by atoms with van der Waals surface area (Å²) in [5.41, 5.74) is 1.14. The average molecular weight is 251 g/mol. The van der Waals surface area contributed by atoms with Crippen LogP contribution in [0.3, 0.4) is 0 Å². The van der Waals surface area contributed by atoms with Gasteiger partial charge in [0, 0.05) is 27.0 Å². The van der Waals surface area contributed by atoms with E-state index >= 15 is 0 Å². The lowest BCUT2D eigenvalue weighted by Gasteiger charge is -2.21. The Balaban J connectivity index is 2.27. The van der Waals surface area contributed by atoms with Gasteiger partial charge in [0.15, 0.2) is 0 Å². The van der Waals surface area contributed by atoms with Gasteiger partial charge in [-0.15, -0.1) is 0 Å². The van der Waals surface area contributed by atoms with Gasteiger partial charge in [-0.05, 0) is 24.6 Å². The van der Waals surface area contributed by atoms with Crippen molar-refractivity contribution in [3.63, 3.8) is 0 Å². The van der Waals surface area contributed by atoms with Crippen molar-refractivity contribution in [1.29, 1.82) is 0 Å². The Hall–Kier alpha value is -0.973. The maximum Gasteiger partial charge on any atom is 0.334 e. The van der Waals surface area contributed by atoms with E-state index < -0.39 is 8.56 Å². The molecular formula is C13H21NO2Si. The van der Waals surface area contributed by atoms with Crippen LogP contribution in [-0.4, -0.2) is 35.5 Å². The molecule has 0 radical (unpaired) electrons. The first-order chi connectivity index (χ1) is 8.20. The largest absolute Gasteiger partial charge is 0.398 e. The van der Waals surface area contributed by atoms with E-state index in [9.17, 15) is 0 Å². The first-order valence-corrected chi connectivity index (χ1v) is 8.38. The van der Waals surface area contributed by atoms with E-state index in [0.717, 1.165) is 24.6 Å². The fourth-order valence-electron chi connectivity index (χ4n) is 1.49. The van der Waals surface area contributed by atoms with Crippen LogP contribution in [0.15, 0.2) is 35.3 Å². The highest BCUT2D eigenvalue weighted by molar-refractivity contribution is 6.65. The molecule has 0 heterocycles. The molecule has 0 saturated heterocycles. The van der Waals surface area contributed by atoms with E-state index in [1.807, 2.05) is 36.5 Å². The molecule has 1 aromatic carbocycles. The first-order valence-electron chi connectivity index (χ1n) is 5.85. The van der Waals surface area contributed by atoms with E-state index in [0.29, 0.717) is 0 Å². The van der Waals surface area contributed by atoms with Gasteiger partial charge in [0.1, 0.15) is 0 Å². The minimum Gasteiger partial charge on any atom is -0.398 e. The molecule has 0 unspecified atom stereocenters. The van der Waals surface area contributed by atoms with Crippen LogP contribution in [-0.2, 0) is 8.85 Å². The lowest BCUT2D eigenvalue weighted by atomic mass is 10.2. The quantitative estimate of drug-likeness (QED) is 0.424. The predicted octanol–water partition coefficient (Wildman–Crippen LogP) is 2.86. The first kappa shape index (κ1) is 14.1. The summed E-state index contributed by atoms with van der Waals surface area (Å²) in [5.74, 6) is 0. The van der Waals surface area contributed by atoms with E-state index in [2.05, 4.69) is 11.5 Å². The third-order valence-corrected chi connectivity index (χ3v) is 5.81. The Kier molecular flexibility index (Phi) is 6.11. The molecule has 1 rings (SSSR count). The van der Waals surface area contributed by atoms with Crippen molar-refractivity contribution >= 4 is 14.8 Å². The fourth-order valence-corrected chi connectivity index (χ4v) is 2.86. The molecule has 0 fully saturated rings. The fraction of sp³-hybridized carbons (Fsp3) is 0.462. The molecule has 94 valence electrons. The number of rotatable bonds is 7. The SMILES string of the molecule is CO[Si](C)(CCCN=Cc1ccccc1)OC. The van der Waals surface area contributed by atoms with E-state index in [-0.39, 0.29) is 0 Å². The molecule has 0 aliphatic carbocycles. The van der Waals surface area contributed by atoms with Gasteiger partial charge in [0.2, 0.25) is 0 Å². The van der Waals surface area contributed by atoms with Gasteiger partial charge < -0.3 is 8.85 Å². The maximum atomic E-state index is 5.42. The zero-order valence-electron chi connectivity index (χ0n) is 10.8. The highest BCUT2D eigenvalue weighted by atomic mass is 28.4. The lowest BCUT2D eigenvalue weighted by molar-refractivity contribution is 0.249. The van der Waals surface area contributed by atoms with Crippen LogP contribution in [0.1, 0.15) is 12.0 Å². The summed E-state index contributed by atoms with van der Waals surface area (Å²) < 4.78 is 10.8. The van der Waals surface area contributed by atoms with Gasteiger partial charge in [-0.2, -0.15) is 0 Å². The Bertz CT molecular complexity index is 337. The number of hydrogen-bond acceptors (Lipinski definition) is 3. The van der Waals surface area contributed by atoms with Crippen molar-refractivity contribution < 1.29 is 8.85 Å². The summed E-state index contributed by atoms with van der Waals surface area (Å²) in [5, 5.41) is 0. The van der Waals surface area contributed by atoms with E-state index in [1.165, 1.54) is 0 Å². The second-order valence-corrected chi connectivity index (χ2v) is 7.68. The third-order valence-electron chi connectivity index (χ3n) is 2.82. The molecule has 0 bridgehead atoms. The lowest BCUT2D eigenvalue weighted by Crippen LogP contribution is -2.35. The molecule has 3 nitrogen and oxygen atoms in total. The van der Waals surface area contributed by atoms with Gasteiger partial charge in [-0.25, -0.2) is 0 Å². The number of nitrogens with zero attached hydrogens (tertiary/aromatic N) is 1. The molecule has 0 atom stereocenters. The summed E-state index contributed by atoms with van der Waals surface area (Å²) in [6.45, 7) is 2.90. The molecule has 1 aromatic rings. The monoisotopic (exact) mass is 251 g/mol. The molecule has 0 spiro atoms. The summed E-state index contributed by atoms with van der Waals surface area (Å²) in [6, 6.07) is 11.1. The van der Waals surface area contributed by atoms with Crippen LogP contribution in [0, 0.1) is 0 Å². The van der Waals surface area contributed by atoms with Crippen molar-refractivity contribution in [1.82, 2.24) is 0 Å². The van der Waals surface area contributed by atoms with Gasteiger partial charge in [0.25, 0.3) is 0 Å². The molecule has 0 aliphatic heterocycles. The van der Waals surface area contributed by atoms with Crippen LogP contribution in [0.4, 0.5) is 0 Å². The Morgan fingerprint density at radius 1 is 1.18 bits per heavy atom. The van der Waals surface area contributed by atoms with Crippen molar-refractivity contribution in [2.75, 3.05) is 20.8 Å².